The van der Waals surface area contributed by atoms with Crippen LogP contribution in [0.15, 0.2) is 30.3 Å². The van der Waals surface area contributed by atoms with E-state index in [1.807, 2.05) is 6.07 Å². The summed E-state index contributed by atoms with van der Waals surface area (Å²) in [6.07, 6.45) is 1.90. The van der Waals surface area contributed by atoms with Crippen LogP contribution in [0.3, 0.4) is 0 Å². The van der Waals surface area contributed by atoms with Crippen LogP contribution in [0.1, 0.15) is 41.6 Å². The van der Waals surface area contributed by atoms with E-state index in [0.29, 0.717) is 5.56 Å². The average molecular weight is 295 g/mol. The van der Waals surface area contributed by atoms with Crippen LogP contribution < -0.4 is 5.32 Å². The lowest BCUT2D eigenvalue weighted by Gasteiger charge is -2.18. The second-order valence-corrected chi connectivity index (χ2v) is 5.89. The van der Waals surface area contributed by atoms with Gasteiger partial charge in [-0.05, 0) is 37.6 Å². The lowest BCUT2D eigenvalue weighted by Crippen LogP contribution is -2.23. The van der Waals surface area contributed by atoms with E-state index in [9.17, 15) is 8.78 Å². The fraction of sp³-hybridized carbons (Fsp3) is 0.375. The van der Waals surface area contributed by atoms with E-state index in [2.05, 4.69) is 25.2 Å². The second kappa shape index (κ2) is 6.95. The van der Waals surface area contributed by atoms with E-state index in [1.54, 1.807) is 23.5 Å². The Morgan fingerprint density at radius 2 is 1.95 bits per heavy atom. The summed E-state index contributed by atoms with van der Waals surface area (Å²) in [5.41, 5.74) is 0.378. The summed E-state index contributed by atoms with van der Waals surface area (Å²) >= 11 is 1.65. The summed E-state index contributed by atoms with van der Waals surface area (Å²) in [6, 6.07) is 8.14. The number of aryl methyl sites for hydroxylation is 1. The monoisotopic (exact) mass is 295 g/mol. The summed E-state index contributed by atoms with van der Waals surface area (Å²) in [7, 11) is 0. The topological polar surface area (TPSA) is 12.0 Å². The molecule has 0 radical (unpaired) electrons. The van der Waals surface area contributed by atoms with Gasteiger partial charge in [-0.15, -0.1) is 11.3 Å². The molecule has 0 fully saturated rings. The predicted octanol–water partition coefficient (Wildman–Crippen LogP) is 4.68. The molecule has 1 atom stereocenters. The number of benzene rings is 1. The smallest absolute Gasteiger partial charge is 0.163 e. The van der Waals surface area contributed by atoms with Crippen molar-refractivity contribution in [1.29, 1.82) is 0 Å². The number of halogens is 2. The minimum Gasteiger partial charge on any atom is -0.306 e. The van der Waals surface area contributed by atoms with Gasteiger partial charge in [-0.25, -0.2) is 8.78 Å². The summed E-state index contributed by atoms with van der Waals surface area (Å²) in [4.78, 5) is 2.28. The third kappa shape index (κ3) is 3.25. The van der Waals surface area contributed by atoms with E-state index in [0.717, 1.165) is 30.3 Å². The van der Waals surface area contributed by atoms with Gasteiger partial charge in [-0.1, -0.05) is 26.0 Å². The normalized spacial score (nSPS) is 12.6. The Morgan fingerprint density at radius 3 is 2.60 bits per heavy atom. The first kappa shape index (κ1) is 15.1. The zero-order chi connectivity index (χ0) is 14.5. The van der Waals surface area contributed by atoms with Crippen molar-refractivity contribution >= 4 is 11.3 Å². The van der Waals surface area contributed by atoms with E-state index in [-0.39, 0.29) is 6.04 Å². The van der Waals surface area contributed by atoms with E-state index in [1.165, 1.54) is 4.88 Å². The summed E-state index contributed by atoms with van der Waals surface area (Å²) < 4.78 is 27.5. The molecule has 0 spiro atoms. The van der Waals surface area contributed by atoms with E-state index >= 15 is 0 Å². The number of thiophene rings is 1. The van der Waals surface area contributed by atoms with Crippen LogP contribution in [0.5, 0.6) is 0 Å². The highest BCUT2D eigenvalue weighted by Gasteiger charge is 2.20. The van der Waals surface area contributed by atoms with Crippen molar-refractivity contribution < 1.29 is 8.78 Å². The third-order valence-corrected chi connectivity index (χ3v) is 4.50. The fourth-order valence-electron chi connectivity index (χ4n) is 2.14. The largest absolute Gasteiger partial charge is 0.306 e. The van der Waals surface area contributed by atoms with Crippen LogP contribution in [0.4, 0.5) is 8.78 Å². The van der Waals surface area contributed by atoms with Crippen LogP contribution in [0, 0.1) is 11.6 Å². The standard InChI is InChI=1S/C16H19F2NS/c1-3-10-19-16(14-9-8-11(4-2)20-14)12-6-5-7-13(17)15(12)18/h5-9,16,19H,3-4,10H2,1-2H3. The van der Waals surface area contributed by atoms with Gasteiger partial charge >= 0.3 is 0 Å². The molecule has 2 aromatic rings. The molecule has 20 heavy (non-hydrogen) atoms. The van der Waals surface area contributed by atoms with E-state index in [4.69, 9.17) is 0 Å². The van der Waals surface area contributed by atoms with Gasteiger partial charge in [0.05, 0.1) is 6.04 Å². The summed E-state index contributed by atoms with van der Waals surface area (Å²) in [6.45, 7) is 4.91. The first-order valence-electron chi connectivity index (χ1n) is 6.93. The van der Waals surface area contributed by atoms with Crippen LogP contribution in [0.25, 0.3) is 0 Å². The Labute approximate surface area is 122 Å². The van der Waals surface area contributed by atoms with Crippen LogP contribution in [0.2, 0.25) is 0 Å². The Hall–Kier alpha value is -1.26. The minimum atomic E-state index is -0.793. The molecule has 0 aliphatic carbocycles. The molecule has 1 unspecified atom stereocenters. The number of nitrogens with one attached hydrogen (secondary N) is 1. The average Bonchev–Trinajstić information content (AvgIpc) is 2.92. The van der Waals surface area contributed by atoms with Gasteiger partial charge in [0.15, 0.2) is 11.6 Å². The third-order valence-electron chi connectivity index (χ3n) is 3.21. The van der Waals surface area contributed by atoms with Crippen molar-refractivity contribution in [3.63, 3.8) is 0 Å². The lowest BCUT2D eigenvalue weighted by molar-refractivity contribution is 0.481. The van der Waals surface area contributed by atoms with Gasteiger partial charge in [0.2, 0.25) is 0 Å². The summed E-state index contributed by atoms with van der Waals surface area (Å²) in [5, 5.41) is 3.31. The zero-order valence-corrected chi connectivity index (χ0v) is 12.6. The molecule has 1 nitrogen and oxygen atoms in total. The highest BCUT2D eigenvalue weighted by Crippen LogP contribution is 2.31. The Balaban J connectivity index is 2.38. The molecule has 4 heteroatoms. The molecular formula is C16H19F2NS. The van der Waals surface area contributed by atoms with Crippen LogP contribution >= 0.6 is 11.3 Å². The van der Waals surface area contributed by atoms with Crippen LogP contribution in [-0.4, -0.2) is 6.54 Å². The molecule has 1 aromatic heterocycles. The van der Waals surface area contributed by atoms with Crippen molar-refractivity contribution in [3.05, 3.63) is 57.3 Å². The Bertz CT molecular complexity index is 565. The molecule has 0 saturated carbocycles. The molecule has 0 saturated heterocycles. The lowest BCUT2D eigenvalue weighted by atomic mass is 10.0. The maximum absolute atomic E-state index is 14.0. The van der Waals surface area contributed by atoms with Crippen molar-refractivity contribution in [1.82, 2.24) is 5.32 Å². The quantitative estimate of drug-likeness (QED) is 0.816. The highest BCUT2D eigenvalue weighted by atomic mass is 32.1. The van der Waals surface area contributed by atoms with Gasteiger partial charge in [-0.3, -0.25) is 0 Å². The van der Waals surface area contributed by atoms with Crippen molar-refractivity contribution in [2.45, 2.75) is 32.7 Å². The molecule has 0 aliphatic rings. The molecule has 2 rings (SSSR count). The highest BCUT2D eigenvalue weighted by molar-refractivity contribution is 7.12. The zero-order valence-electron chi connectivity index (χ0n) is 11.7. The molecule has 0 bridgehead atoms. The maximum Gasteiger partial charge on any atom is 0.163 e. The molecule has 0 amide bonds. The first-order valence-corrected chi connectivity index (χ1v) is 7.74. The van der Waals surface area contributed by atoms with Gasteiger partial charge < -0.3 is 5.32 Å². The predicted molar refractivity (Wildman–Crippen MR) is 80.2 cm³/mol. The maximum atomic E-state index is 14.0. The first-order chi connectivity index (χ1) is 9.67. The molecule has 1 aromatic carbocycles. The molecular weight excluding hydrogens is 276 g/mol. The Kier molecular flexibility index (Phi) is 5.26. The molecule has 0 aliphatic heterocycles. The minimum absolute atomic E-state index is 0.282. The number of hydrogen-bond donors (Lipinski definition) is 1. The SMILES string of the molecule is CCCNC(c1ccc(CC)s1)c1cccc(F)c1F. The van der Waals surface area contributed by atoms with Gasteiger partial charge in [0, 0.05) is 15.3 Å². The molecule has 108 valence electrons. The van der Waals surface area contributed by atoms with E-state index < -0.39 is 11.6 Å². The van der Waals surface area contributed by atoms with Gasteiger partial charge in [0.1, 0.15) is 0 Å². The number of hydrogen-bond acceptors (Lipinski definition) is 2. The van der Waals surface area contributed by atoms with Gasteiger partial charge in [0.25, 0.3) is 0 Å². The molecule has 1 heterocycles. The molecule has 1 N–H and O–H groups in total. The van der Waals surface area contributed by atoms with Crippen LogP contribution in [-0.2, 0) is 6.42 Å². The Morgan fingerprint density at radius 1 is 1.15 bits per heavy atom. The van der Waals surface area contributed by atoms with Crippen molar-refractivity contribution in [3.8, 4) is 0 Å². The van der Waals surface area contributed by atoms with Gasteiger partial charge in [-0.2, -0.15) is 0 Å². The number of rotatable bonds is 6. The summed E-state index contributed by atoms with van der Waals surface area (Å²) in [5.74, 6) is -1.55. The second-order valence-electron chi connectivity index (χ2n) is 4.69. The van der Waals surface area contributed by atoms with Crippen molar-refractivity contribution in [2.24, 2.45) is 0 Å². The fourth-order valence-corrected chi connectivity index (χ4v) is 3.18. The van der Waals surface area contributed by atoms with Crippen molar-refractivity contribution in [2.75, 3.05) is 6.54 Å².